The molecule has 0 aromatic heterocycles. The van der Waals surface area contributed by atoms with Gasteiger partial charge >= 0.3 is 0 Å². The fourth-order valence-electron chi connectivity index (χ4n) is 1.28. The second-order valence-electron chi connectivity index (χ2n) is 3.60. The quantitative estimate of drug-likeness (QED) is 0.418. The van der Waals surface area contributed by atoms with Gasteiger partial charge in [-0.1, -0.05) is 0 Å². The average Bonchev–Trinajstić information content (AvgIpc) is 2.08. The van der Waals surface area contributed by atoms with Gasteiger partial charge in [0.25, 0.3) is 0 Å². The molecule has 1 aliphatic heterocycles. The number of hydrogen-bond acceptors (Lipinski definition) is 1. The van der Waals surface area contributed by atoms with Crippen LogP contribution in [0, 0.1) is 0 Å². The van der Waals surface area contributed by atoms with E-state index in [1.165, 1.54) is 0 Å². The minimum Gasteiger partial charge on any atom is -0.298 e. The molecule has 0 bridgehead atoms. The van der Waals surface area contributed by atoms with Crippen molar-refractivity contribution < 1.29 is 4.39 Å². The van der Waals surface area contributed by atoms with Crippen molar-refractivity contribution in [2.24, 2.45) is 0 Å². The monoisotopic (exact) mass is 173 g/mol. The van der Waals surface area contributed by atoms with Gasteiger partial charge in [-0.15, -0.1) is 9.24 Å². The van der Waals surface area contributed by atoms with Gasteiger partial charge in [-0.3, -0.25) is 4.90 Å². The van der Waals surface area contributed by atoms with Gasteiger partial charge in [0, 0.05) is 19.1 Å². The second-order valence-corrected chi connectivity index (χ2v) is 4.68. The van der Waals surface area contributed by atoms with Gasteiger partial charge < -0.3 is 0 Å². The molecule has 3 unspecified atom stereocenters. The third-order valence-electron chi connectivity index (χ3n) is 2.19. The van der Waals surface area contributed by atoms with E-state index in [0.717, 1.165) is 0 Å². The third kappa shape index (κ3) is 1.94. The van der Waals surface area contributed by atoms with Crippen LogP contribution in [0.3, 0.4) is 0 Å². The molecule has 62 valence electrons. The number of alkyl halides is 1. The standard InChI is InChI=1S/C7H14BFNP/c1-5(2)10-3-6(9)7(8,11)4-10/h5-6H,3-4,11H2,1-2H3. The molecule has 2 radical (unpaired) electrons. The molecule has 11 heavy (non-hydrogen) atoms. The maximum absolute atomic E-state index is 13.1. The molecular formula is C7H14BFNP. The Morgan fingerprint density at radius 1 is 1.73 bits per heavy atom. The van der Waals surface area contributed by atoms with E-state index in [1.807, 2.05) is 0 Å². The van der Waals surface area contributed by atoms with Gasteiger partial charge in [-0.05, 0) is 18.9 Å². The van der Waals surface area contributed by atoms with Crippen LogP contribution in [0.5, 0.6) is 0 Å². The summed E-state index contributed by atoms with van der Waals surface area (Å²) in [4.78, 5) is 2.05. The topological polar surface area (TPSA) is 3.24 Å². The molecule has 3 atom stereocenters. The van der Waals surface area contributed by atoms with Crippen LogP contribution >= 0.6 is 9.24 Å². The van der Waals surface area contributed by atoms with Crippen LogP contribution in [0.1, 0.15) is 13.8 Å². The van der Waals surface area contributed by atoms with Crippen molar-refractivity contribution in [1.29, 1.82) is 0 Å². The fourth-order valence-corrected chi connectivity index (χ4v) is 1.62. The summed E-state index contributed by atoms with van der Waals surface area (Å²) < 4.78 is 13.1. The lowest BCUT2D eigenvalue weighted by molar-refractivity contribution is 0.246. The minimum atomic E-state index is -0.908. The van der Waals surface area contributed by atoms with Crippen LogP contribution in [-0.2, 0) is 0 Å². The summed E-state index contributed by atoms with van der Waals surface area (Å²) in [6.07, 6.45) is -0.908. The molecule has 0 saturated carbocycles. The first-order valence-corrected chi connectivity index (χ1v) is 4.47. The van der Waals surface area contributed by atoms with Gasteiger partial charge in [0.2, 0.25) is 0 Å². The van der Waals surface area contributed by atoms with Gasteiger partial charge in [-0.2, -0.15) is 0 Å². The largest absolute Gasteiger partial charge is 0.298 e. The third-order valence-corrected chi connectivity index (χ3v) is 2.73. The molecule has 0 aromatic rings. The highest BCUT2D eigenvalue weighted by Crippen LogP contribution is 2.30. The van der Waals surface area contributed by atoms with Crippen molar-refractivity contribution in [2.45, 2.75) is 31.1 Å². The molecule has 0 amide bonds. The molecule has 0 aromatic carbocycles. The van der Waals surface area contributed by atoms with Crippen LogP contribution in [0.15, 0.2) is 0 Å². The number of rotatable bonds is 1. The lowest BCUT2D eigenvalue weighted by atomic mass is 9.84. The van der Waals surface area contributed by atoms with Crippen molar-refractivity contribution >= 4 is 17.1 Å². The first-order valence-electron chi connectivity index (χ1n) is 3.89. The van der Waals surface area contributed by atoms with E-state index in [1.54, 1.807) is 0 Å². The summed E-state index contributed by atoms with van der Waals surface area (Å²) in [5, 5.41) is -0.718. The van der Waals surface area contributed by atoms with Crippen molar-refractivity contribution in [3.05, 3.63) is 0 Å². The summed E-state index contributed by atoms with van der Waals surface area (Å²) in [6, 6.07) is 0.388. The summed E-state index contributed by atoms with van der Waals surface area (Å²) in [5.41, 5.74) is 0. The number of halogens is 1. The Morgan fingerprint density at radius 3 is 2.45 bits per heavy atom. The number of hydrogen-bond donors (Lipinski definition) is 0. The Balaban J connectivity index is 2.57. The van der Waals surface area contributed by atoms with Crippen LogP contribution in [-0.4, -0.2) is 43.1 Å². The SMILES string of the molecule is [B]C1(P)CN(C(C)C)CC1F. The van der Waals surface area contributed by atoms with Crippen LogP contribution < -0.4 is 0 Å². The van der Waals surface area contributed by atoms with Crippen molar-refractivity contribution in [3.8, 4) is 0 Å². The zero-order valence-corrected chi connectivity index (χ0v) is 8.20. The summed E-state index contributed by atoms with van der Waals surface area (Å²) in [7, 11) is 8.10. The van der Waals surface area contributed by atoms with E-state index < -0.39 is 11.2 Å². The molecule has 1 heterocycles. The van der Waals surface area contributed by atoms with Crippen LogP contribution in [0.2, 0.25) is 0 Å². The molecule has 0 spiro atoms. The maximum atomic E-state index is 13.1. The average molecular weight is 173 g/mol. The minimum absolute atomic E-state index is 0.388. The molecule has 0 N–H and O–H groups in total. The van der Waals surface area contributed by atoms with Gasteiger partial charge in [-0.25, -0.2) is 4.39 Å². The molecule has 1 nitrogen and oxygen atoms in total. The molecule has 4 heteroatoms. The van der Waals surface area contributed by atoms with Crippen molar-refractivity contribution in [3.63, 3.8) is 0 Å². The Morgan fingerprint density at radius 2 is 2.27 bits per heavy atom. The van der Waals surface area contributed by atoms with E-state index in [2.05, 4.69) is 28.0 Å². The molecule has 1 saturated heterocycles. The number of nitrogens with zero attached hydrogens (tertiary/aromatic N) is 1. The number of likely N-dealkylation sites (tertiary alicyclic amines) is 1. The first-order chi connectivity index (χ1) is 4.93. The Labute approximate surface area is 71.3 Å². The lowest BCUT2D eigenvalue weighted by Gasteiger charge is -2.22. The summed E-state index contributed by atoms with van der Waals surface area (Å²) in [6.45, 7) is 5.21. The highest BCUT2D eigenvalue weighted by atomic mass is 31.0. The van der Waals surface area contributed by atoms with Gasteiger partial charge in [0.1, 0.15) is 6.17 Å². The predicted octanol–water partition coefficient (Wildman–Crippen LogP) is 0.788. The van der Waals surface area contributed by atoms with E-state index in [4.69, 9.17) is 7.85 Å². The van der Waals surface area contributed by atoms with Crippen LogP contribution in [0.25, 0.3) is 0 Å². The lowest BCUT2D eigenvalue weighted by Crippen LogP contribution is -2.34. The highest BCUT2D eigenvalue weighted by Gasteiger charge is 2.39. The smallest absolute Gasteiger partial charge is 0.115 e. The molecular weight excluding hydrogens is 159 g/mol. The summed E-state index contributed by atoms with van der Waals surface area (Å²) >= 11 is 0. The summed E-state index contributed by atoms with van der Waals surface area (Å²) in [5.74, 6) is 0. The highest BCUT2D eigenvalue weighted by molar-refractivity contribution is 7.22. The van der Waals surface area contributed by atoms with E-state index in [0.29, 0.717) is 19.1 Å². The zero-order valence-electron chi connectivity index (χ0n) is 7.05. The second kappa shape index (κ2) is 3.03. The zero-order chi connectivity index (χ0) is 8.65. The molecule has 1 rings (SSSR count). The van der Waals surface area contributed by atoms with E-state index in [9.17, 15) is 4.39 Å². The van der Waals surface area contributed by atoms with Crippen LogP contribution in [0.4, 0.5) is 4.39 Å². The van der Waals surface area contributed by atoms with E-state index in [-0.39, 0.29) is 0 Å². The molecule has 1 fully saturated rings. The van der Waals surface area contributed by atoms with Gasteiger partial charge in [0.15, 0.2) is 0 Å². The van der Waals surface area contributed by atoms with E-state index >= 15 is 0 Å². The Bertz CT molecular complexity index is 151. The normalized spacial score (nSPS) is 40.3. The van der Waals surface area contributed by atoms with Gasteiger partial charge in [0.05, 0.1) is 7.85 Å². The fraction of sp³-hybridized carbons (Fsp3) is 1.00. The predicted molar refractivity (Wildman–Crippen MR) is 49.8 cm³/mol. The Hall–Kier alpha value is 0.385. The molecule has 1 aliphatic rings. The van der Waals surface area contributed by atoms with Crippen molar-refractivity contribution in [1.82, 2.24) is 4.90 Å². The Kier molecular flexibility index (Phi) is 2.61. The maximum Gasteiger partial charge on any atom is 0.115 e. The molecule has 0 aliphatic carbocycles. The first kappa shape index (κ1) is 9.47. The van der Waals surface area contributed by atoms with Crippen molar-refractivity contribution in [2.75, 3.05) is 13.1 Å².